The summed E-state index contributed by atoms with van der Waals surface area (Å²) in [6.45, 7) is 2.94. The van der Waals surface area contributed by atoms with Crippen molar-refractivity contribution in [1.82, 2.24) is 13.7 Å². The SMILES string of the molecule is Cc1ccc(-c2c3c(=O)n(C)c(=O)n(C)c3c3n2CCO[C@@H]3c2c(O)ccc3ccccc23)cc1. The second-order valence-electron chi connectivity index (χ2n) is 9.15. The number of phenolic OH excluding ortho intramolecular Hbond substituents is 1. The van der Waals surface area contributed by atoms with Gasteiger partial charge < -0.3 is 14.4 Å². The average Bonchev–Trinajstić information content (AvgIpc) is 3.22. The topological polar surface area (TPSA) is 78.4 Å². The van der Waals surface area contributed by atoms with Crippen LogP contribution < -0.4 is 11.2 Å². The molecule has 35 heavy (non-hydrogen) atoms. The van der Waals surface area contributed by atoms with Crippen molar-refractivity contribution in [3.8, 4) is 17.0 Å². The van der Waals surface area contributed by atoms with Gasteiger partial charge in [-0.25, -0.2) is 4.79 Å². The Hall–Kier alpha value is -4.10. The number of hydrogen-bond acceptors (Lipinski definition) is 4. The highest BCUT2D eigenvalue weighted by atomic mass is 16.5. The van der Waals surface area contributed by atoms with Crippen molar-refractivity contribution in [1.29, 1.82) is 0 Å². The molecule has 0 unspecified atom stereocenters. The van der Waals surface area contributed by atoms with E-state index in [-0.39, 0.29) is 11.3 Å². The van der Waals surface area contributed by atoms with Crippen molar-refractivity contribution in [3.63, 3.8) is 0 Å². The summed E-state index contributed by atoms with van der Waals surface area (Å²) >= 11 is 0. The van der Waals surface area contributed by atoms with Gasteiger partial charge in [-0.1, -0.05) is 60.2 Å². The molecular weight excluding hydrogens is 442 g/mol. The number of ether oxygens (including phenoxy) is 1. The van der Waals surface area contributed by atoms with E-state index < -0.39 is 11.8 Å². The van der Waals surface area contributed by atoms with Gasteiger partial charge in [-0.05, 0) is 29.3 Å². The lowest BCUT2D eigenvalue weighted by Gasteiger charge is -2.29. The maximum absolute atomic E-state index is 13.5. The lowest BCUT2D eigenvalue weighted by atomic mass is 9.96. The van der Waals surface area contributed by atoms with E-state index in [0.717, 1.165) is 32.2 Å². The Morgan fingerprint density at radius 2 is 1.69 bits per heavy atom. The number of aromatic hydroxyl groups is 1. The van der Waals surface area contributed by atoms with Gasteiger partial charge in [0.1, 0.15) is 11.9 Å². The minimum atomic E-state index is -0.658. The Bertz CT molecular complexity index is 1760. The van der Waals surface area contributed by atoms with Crippen LogP contribution in [0.2, 0.25) is 0 Å². The number of phenols is 1. The van der Waals surface area contributed by atoms with E-state index in [1.165, 1.54) is 11.6 Å². The summed E-state index contributed by atoms with van der Waals surface area (Å²) in [5, 5.41) is 13.3. The van der Waals surface area contributed by atoms with Gasteiger partial charge in [0, 0.05) is 26.2 Å². The highest BCUT2D eigenvalue weighted by molar-refractivity contribution is 5.97. The second kappa shape index (κ2) is 7.71. The first-order valence-electron chi connectivity index (χ1n) is 11.6. The van der Waals surface area contributed by atoms with Gasteiger partial charge in [0.2, 0.25) is 0 Å². The van der Waals surface area contributed by atoms with Gasteiger partial charge >= 0.3 is 5.69 Å². The molecule has 0 fully saturated rings. The summed E-state index contributed by atoms with van der Waals surface area (Å²) in [6, 6.07) is 19.4. The number of nitrogens with zero attached hydrogens (tertiary/aromatic N) is 3. The van der Waals surface area contributed by atoms with E-state index in [2.05, 4.69) is 4.57 Å². The number of rotatable bonds is 2. The molecule has 7 heteroatoms. The third-order valence-corrected chi connectivity index (χ3v) is 7.09. The number of hydrogen-bond donors (Lipinski definition) is 1. The van der Waals surface area contributed by atoms with Crippen LogP contribution in [0.25, 0.3) is 32.9 Å². The van der Waals surface area contributed by atoms with Gasteiger partial charge in [0.25, 0.3) is 5.56 Å². The van der Waals surface area contributed by atoms with E-state index >= 15 is 0 Å². The predicted octanol–water partition coefficient (Wildman–Crippen LogP) is 3.99. The van der Waals surface area contributed by atoms with Crippen LogP contribution in [0, 0.1) is 6.92 Å². The van der Waals surface area contributed by atoms with Gasteiger partial charge in [-0.2, -0.15) is 0 Å². The van der Waals surface area contributed by atoms with Crippen LogP contribution in [-0.4, -0.2) is 25.4 Å². The maximum Gasteiger partial charge on any atom is 0.331 e. The summed E-state index contributed by atoms with van der Waals surface area (Å²) in [6.07, 6.45) is -0.658. The van der Waals surface area contributed by atoms with Crippen molar-refractivity contribution in [2.75, 3.05) is 6.61 Å². The molecular formula is C28H25N3O4. The van der Waals surface area contributed by atoms with Crippen molar-refractivity contribution in [2.45, 2.75) is 19.6 Å². The highest BCUT2D eigenvalue weighted by Gasteiger charge is 2.35. The van der Waals surface area contributed by atoms with Crippen molar-refractivity contribution in [2.24, 2.45) is 14.1 Å². The summed E-state index contributed by atoms with van der Waals surface area (Å²) in [5.41, 5.74) is 3.89. The van der Waals surface area contributed by atoms with Crippen LogP contribution in [0.4, 0.5) is 0 Å². The fourth-order valence-electron chi connectivity index (χ4n) is 5.37. The fourth-order valence-corrected chi connectivity index (χ4v) is 5.37. The van der Waals surface area contributed by atoms with E-state index in [9.17, 15) is 14.7 Å². The average molecular weight is 468 g/mol. The van der Waals surface area contributed by atoms with E-state index in [0.29, 0.717) is 35.3 Å². The number of benzene rings is 3. The van der Waals surface area contributed by atoms with E-state index in [4.69, 9.17) is 4.74 Å². The number of aryl methyl sites for hydroxylation is 2. The molecule has 1 N–H and O–H groups in total. The smallest absolute Gasteiger partial charge is 0.331 e. The van der Waals surface area contributed by atoms with Crippen LogP contribution >= 0.6 is 0 Å². The van der Waals surface area contributed by atoms with E-state index in [1.807, 2.05) is 61.5 Å². The van der Waals surface area contributed by atoms with Gasteiger partial charge in [0.15, 0.2) is 0 Å². The monoisotopic (exact) mass is 467 g/mol. The minimum absolute atomic E-state index is 0.113. The summed E-state index contributed by atoms with van der Waals surface area (Å²) in [4.78, 5) is 26.6. The standard InChI is InChI=1S/C28H25N3O4/c1-16-8-10-18(11-9-16)23-22-24(29(2)28(34)30(3)27(22)33)25-26(35-15-14-31(23)25)21-19-7-5-4-6-17(19)12-13-20(21)32/h4-13,26,32H,14-15H2,1-3H3/t26-/m1/s1. The molecule has 7 nitrogen and oxygen atoms in total. The molecule has 0 bridgehead atoms. The molecule has 3 heterocycles. The largest absolute Gasteiger partial charge is 0.508 e. The first kappa shape index (κ1) is 21.4. The minimum Gasteiger partial charge on any atom is -0.508 e. The molecule has 0 radical (unpaired) electrons. The predicted molar refractivity (Wildman–Crippen MR) is 136 cm³/mol. The molecule has 6 rings (SSSR count). The van der Waals surface area contributed by atoms with Crippen LogP contribution in [0.15, 0.2) is 70.3 Å². The van der Waals surface area contributed by atoms with Crippen LogP contribution in [0.1, 0.15) is 22.9 Å². The van der Waals surface area contributed by atoms with E-state index in [1.54, 1.807) is 13.1 Å². The maximum atomic E-state index is 13.5. The molecule has 0 amide bonds. The first-order chi connectivity index (χ1) is 16.9. The van der Waals surface area contributed by atoms with Crippen molar-refractivity contribution in [3.05, 3.63) is 98.3 Å². The lowest BCUT2D eigenvalue weighted by Crippen LogP contribution is -2.37. The zero-order valence-electron chi connectivity index (χ0n) is 19.8. The Balaban J connectivity index is 1.79. The van der Waals surface area contributed by atoms with Gasteiger partial charge in [-0.15, -0.1) is 0 Å². The third kappa shape index (κ3) is 3.01. The third-order valence-electron chi connectivity index (χ3n) is 7.09. The second-order valence-corrected chi connectivity index (χ2v) is 9.15. The molecule has 176 valence electrons. The normalized spacial score (nSPS) is 15.6. The summed E-state index contributed by atoms with van der Waals surface area (Å²) < 4.78 is 11.1. The quantitative estimate of drug-likeness (QED) is 0.426. The molecule has 3 aromatic carbocycles. The Morgan fingerprint density at radius 3 is 2.46 bits per heavy atom. The van der Waals surface area contributed by atoms with Gasteiger partial charge in [0.05, 0.1) is 28.9 Å². The Labute approximate surface area is 201 Å². The molecule has 0 saturated heterocycles. The molecule has 1 atom stereocenters. The molecule has 1 aliphatic heterocycles. The zero-order chi connectivity index (χ0) is 24.4. The summed E-state index contributed by atoms with van der Waals surface area (Å²) in [7, 11) is 3.18. The van der Waals surface area contributed by atoms with Crippen molar-refractivity contribution < 1.29 is 9.84 Å². The van der Waals surface area contributed by atoms with Crippen LogP contribution in [0.3, 0.4) is 0 Å². The lowest BCUT2D eigenvalue weighted by molar-refractivity contribution is 0.0474. The Kier molecular flexibility index (Phi) is 4.72. The number of fused-ring (bicyclic) bond motifs is 4. The highest BCUT2D eigenvalue weighted by Crippen LogP contribution is 2.44. The van der Waals surface area contributed by atoms with Gasteiger partial charge in [-0.3, -0.25) is 13.9 Å². The zero-order valence-corrected chi connectivity index (χ0v) is 19.8. The Morgan fingerprint density at radius 1 is 0.943 bits per heavy atom. The molecule has 0 spiro atoms. The molecule has 2 aromatic heterocycles. The molecule has 0 saturated carbocycles. The molecule has 5 aromatic rings. The molecule has 1 aliphatic rings. The first-order valence-corrected chi connectivity index (χ1v) is 11.6. The number of aromatic nitrogens is 3. The molecule has 0 aliphatic carbocycles. The fraction of sp³-hybridized carbons (Fsp3) is 0.214. The summed E-state index contributed by atoms with van der Waals surface area (Å²) in [5.74, 6) is 0.113. The van der Waals surface area contributed by atoms with Crippen LogP contribution in [0.5, 0.6) is 5.75 Å². The van der Waals surface area contributed by atoms with Crippen molar-refractivity contribution >= 4 is 21.7 Å². The van der Waals surface area contributed by atoms with Crippen LogP contribution in [-0.2, 0) is 25.4 Å².